The number of amides is 2. The van der Waals surface area contributed by atoms with Crippen LogP contribution in [-0.2, 0) is 19.6 Å². The molecule has 1 aliphatic heterocycles. The molecular weight excluding hydrogens is 410 g/mol. The van der Waals surface area contributed by atoms with E-state index >= 15 is 0 Å². The molecule has 0 radical (unpaired) electrons. The van der Waals surface area contributed by atoms with Gasteiger partial charge in [0.2, 0.25) is 21.8 Å². The van der Waals surface area contributed by atoms with Gasteiger partial charge in [-0.3, -0.25) is 9.59 Å². The second-order valence-corrected chi connectivity index (χ2v) is 10.4. The van der Waals surface area contributed by atoms with Gasteiger partial charge in [0, 0.05) is 38.1 Å². The SMILES string of the molecule is Cc1ccc(NC(=O)C[C@@H]2Sc3ccc(S(=O)(=O)N(C)C)cc3N(C)C2=O)cc1. The van der Waals surface area contributed by atoms with Crippen molar-refractivity contribution in [3.63, 3.8) is 0 Å². The van der Waals surface area contributed by atoms with E-state index in [1.54, 1.807) is 13.1 Å². The van der Waals surface area contributed by atoms with Crippen LogP contribution in [0.3, 0.4) is 0 Å². The van der Waals surface area contributed by atoms with Crippen LogP contribution in [0.2, 0.25) is 0 Å². The van der Waals surface area contributed by atoms with Gasteiger partial charge in [0.05, 0.1) is 15.8 Å². The van der Waals surface area contributed by atoms with Crippen LogP contribution in [0, 0.1) is 6.92 Å². The second kappa shape index (κ2) is 8.17. The van der Waals surface area contributed by atoms with Crippen molar-refractivity contribution in [3.8, 4) is 0 Å². The molecule has 0 bridgehead atoms. The first kappa shape index (κ1) is 21.4. The Bertz CT molecular complexity index is 1050. The lowest BCUT2D eigenvalue weighted by Crippen LogP contribution is -2.40. The van der Waals surface area contributed by atoms with E-state index in [-0.39, 0.29) is 23.1 Å². The number of fused-ring (bicyclic) bond motifs is 1. The van der Waals surface area contributed by atoms with Gasteiger partial charge in [0.1, 0.15) is 0 Å². The van der Waals surface area contributed by atoms with Gasteiger partial charge < -0.3 is 10.2 Å². The van der Waals surface area contributed by atoms with Crippen LogP contribution in [0.15, 0.2) is 52.3 Å². The van der Waals surface area contributed by atoms with Gasteiger partial charge in [-0.2, -0.15) is 0 Å². The monoisotopic (exact) mass is 433 g/mol. The number of benzene rings is 2. The van der Waals surface area contributed by atoms with Gasteiger partial charge in [-0.25, -0.2) is 12.7 Å². The zero-order valence-corrected chi connectivity index (χ0v) is 18.3. The first-order valence-corrected chi connectivity index (χ1v) is 11.3. The normalized spacial score (nSPS) is 16.7. The Balaban J connectivity index is 1.78. The Labute approximate surface area is 175 Å². The third-order valence-corrected chi connectivity index (χ3v) is 7.71. The van der Waals surface area contributed by atoms with E-state index in [2.05, 4.69) is 5.32 Å². The molecule has 0 fully saturated rings. The first-order chi connectivity index (χ1) is 13.6. The molecule has 0 spiro atoms. The molecule has 7 nitrogen and oxygen atoms in total. The number of carbonyl (C=O) groups is 2. The molecule has 1 heterocycles. The number of nitrogens with one attached hydrogen (secondary N) is 1. The first-order valence-electron chi connectivity index (χ1n) is 8.97. The number of aryl methyl sites for hydroxylation is 1. The average molecular weight is 434 g/mol. The summed E-state index contributed by atoms with van der Waals surface area (Å²) in [6.45, 7) is 1.96. The molecule has 0 aliphatic carbocycles. The second-order valence-electron chi connectivity index (χ2n) is 7.04. The fourth-order valence-corrected chi connectivity index (χ4v) is 5.10. The van der Waals surface area contributed by atoms with Gasteiger partial charge in [-0.15, -0.1) is 11.8 Å². The molecular formula is C20H23N3O4S2. The topological polar surface area (TPSA) is 86.8 Å². The number of carbonyl (C=O) groups excluding carboxylic acids is 2. The Morgan fingerprint density at radius 3 is 2.45 bits per heavy atom. The van der Waals surface area contributed by atoms with Crippen molar-refractivity contribution in [1.82, 2.24) is 4.31 Å². The van der Waals surface area contributed by atoms with Gasteiger partial charge in [-0.05, 0) is 37.3 Å². The quantitative estimate of drug-likeness (QED) is 0.784. The molecule has 0 saturated heterocycles. The molecule has 0 aromatic heterocycles. The summed E-state index contributed by atoms with van der Waals surface area (Å²) in [6.07, 6.45) is 0.0267. The summed E-state index contributed by atoms with van der Waals surface area (Å²) in [4.78, 5) is 27.5. The van der Waals surface area contributed by atoms with Crippen LogP contribution in [0.4, 0.5) is 11.4 Å². The van der Waals surface area contributed by atoms with Crippen molar-refractivity contribution in [2.75, 3.05) is 31.4 Å². The third kappa shape index (κ3) is 4.47. The van der Waals surface area contributed by atoms with Gasteiger partial charge >= 0.3 is 0 Å². The van der Waals surface area contributed by atoms with E-state index in [1.165, 1.54) is 42.9 Å². The maximum atomic E-state index is 12.8. The standard InChI is InChI=1S/C20H23N3O4S2/c1-13-5-7-14(8-6-13)21-19(24)12-18-20(25)23(4)16-11-15(9-10-17(16)28-18)29(26,27)22(2)3/h5-11,18H,12H2,1-4H3,(H,21,24)/t18-/m0/s1. The Morgan fingerprint density at radius 1 is 1.17 bits per heavy atom. The number of nitrogens with zero attached hydrogens (tertiary/aromatic N) is 2. The number of sulfonamides is 1. The van der Waals surface area contributed by atoms with Crippen LogP contribution in [0.25, 0.3) is 0 Å². The van der Waals surface area contributed by atoms with Crippen LogP contribution >= 0.6 is 11.8 Å². The van der Waals surface area contributed by atoms with E-state index in [4.69, 9.17) is 0 Å². The van der Waals surface area contributed by atoms with Crippen molar-refractivity contribution < 1.29 is 18.0 Å². The van der Waals surface area contributed by atoms with Crippen molar-refractivity contribution in [2.24, 2.45) is 0 Å². The zero-order valence-electron chi connectivity index (χ0n) is 16.7. The molecule has 2 aromatic rings. The van der Waals surface area contributed by atoms with E-state index in [1.807, 2.05) is 31.2 Å². The van der Waals surface area contributed by atoms with Crippen molar-refractivity contribution in [1.29, 1.82) is 0 Å². The van der Waals surface area contributed by atoms with Crippen LogP contribution < -0.4 is 10.2 Å². The molecule has 2 amide bonds. The molecule has 2 aromatic carbocycles. The predicted octanol–water partition coefficient (Wildman–Crippen LogP) is 2.71. The number of hydrogen-bond donors (Lipinski definition) is 1. The van der Waals surface area contributed by atoms with E-state index < -0.39 is 15.3 Å². The maximum Gasteiger partial charge on any atom is 0.242 e. The summed E-state index contributed by atoms with van der Waals surface area (Å²) in [5.74, 6) is -0.482. The maximum absolute atomic E-state index is 12.8. The predicted molar refractivity (Wildman–Crippen MR) is 115 cm³/mol. The molecule has 29 heavy (non-hydrogen) atoms. The summed E-state index contributed by atoms with van der Waals surface area (Å²) in [5, 5.41) is 2.23. The third-order valence-electron chi connectivity index (χ3n) is 4.65. The lowest BCUT2D eigenvalue weighted by molar-refractivity contribution is -0.122. The smallest absolute Gasteiger partial charge is 0.242 e. The van der Waals surface area contributed by atoms with Gasteiger partial charge in [-0.1, -0.05) is 17.7 Å². The number of thioether (sulfide) groups is 1. The van der Waals surface area contributed by atoms with Gasteiger partial charge in [0.25, 0.3) is 0 Å². The fourth-order valence-electron chi connectivity index (χ4n) is 2.91. The number of rotatable bonds is 5. The largest absolute Gasteiger partial charge is 0.326 e. The molecule has 1 aliphatic rings. The Kier molecular flexibility index (Phi) is 6.02. The summed E-state index contributed by atoms with van der Waals surface area (Å²) < 4.78 is 25.9. The minimum Gasteiger partial charge on any atom is -0.326 e. The Morgan fingerprint density at radius 2 is 1.83 bits per heavy atom. The van der Waals surface area contributed by atoms with Crippen LogP contribution in [0.5, 0.6) is 0 Å². The molecule has 154 valence electrons. The summed E-state index contributed by atoms with van der Waals surface area (Å²) in [5.41, 5.74) is 2.30. The molecule has 0 unspecified atom stereocenters. The average Bonchev–Trinajstić information content (AvgIpc) is 2.67. The molecule has 3 rings (SSSR count). The lowest BCUT2D eigenvalue weighted by atomic mass is 10.2. The van der Waals surface area contributed by atoms with Crippen molar-refractivity contribution in [2.45, 2.75) is 28.4 Å². The van der Waals surface area contributed by atoms with E-state index in [0.29, 0.717) is 11.4 Å². The molecule has 1 N–H and O–H groups in total. The summed E-state index contributed by atoms with van der Waals surface area (Å²) in [7, 11) is 0.914. The van der Waals surface area contributed by atoms with Crippen LogP contribution in [-0.4, -0.2) is 50.9 Å². The van der Waals surface area contributed by atoms with Gasteiger partial charge in [0.15, 0.2) is 0 Å². The van der Waals surface area contributed by atoms with Crippen molar-refractivity contribution >= 4 is 45.0 Å². The highest BCUT2D eigenvalue weighted by molar-refractivity contribution is 8.01. The minimum atomic E-state index is -3.60. The highest BCUT2D eigenvalue weighted by Crippen LogP contribution is 2.41. The van der Waals surface area contributed by atoms with Crippen molar-refractivity contribution in [3.05, 3.63) is 48.0 Å². The minimum absolute atomic E-state index is 0.0267. The molecule has 1 atom stereocenters. The fraction of sp³-hybridized carbons (Fsp3) is 0.300. The Hall–Kier alpha value is -2.36. The van der Waals surface area contributed by atoms with E-state index in [0.717, 1.165) is 14.8 Å². The summed E-state index contributed by atoms with van der Waals surface area (Å²) in [6, 6.07) is 12.1. The van der Waals surface area contributed by atoms with Crippen LogP contribution in [0.1, 0.15) is 12.0 Å². The number of hydrogen-bond acceptors (Lipinski definition) is 5. The summed E-state index contributed by atoms with van der Waals surface area (Å²) >= 11 is 1.28. The van der Waals surface area contributed by atoms with E-state index in [9.17, 15) is 18.0 Å². The lowest BCUT2D eigenvalue weighted by Gasteiger charge is -2.31. The number of anilines is 2. The molecule has 0 saturated carbocycles. The zero-order chi connectivity index (χ0) is 21.3. The highest BCUT2D eigenvalue weighted by Gasteiger charge is 2.34. The molecule has 9 heteroatoms. The highest BCUT2D eigenvalue weighted by atomic mass is 32.2.